The number of amides is 1. The standard InChI is InChI=1S/C18H15N3O2/c1-12(22)7-8-17(23)21-16-11-20-18-15(16)9-14(10-19-18)13-5-3-2-4-6-13/h2-11H,1H3,(H,19,20)(H,21,23)/b8-7+. The number of pyridine rings is 1. The molecule has 3 aromatic rings. The lowest BCUT2D eigenvalue weighted by atomic mass is 10.1. The molecule has 0 atom stereocenters. The van der Waals surface area contributed by atoms with Gasteiger partial charge in [0.25, 0.3) is 0 Å². The summed E-state index contributed by atoms with van der Waals surface area (Å²) >= 11 is 0. The van der Waals surface area contributed by atoms with Crippen LogP contribution in [0.15, 0.2) is 60.9 Å². The monoisotopic (exact) mass is 305 g/mol. The average Bonchev–Trinajstić information content (AvgIpc) is 2.96. The molecule has 0 unspecified atom stereocenters. The van der Waals surface area contributed by atoms with E-state index < -0.39 is 0 Å². The first-order valence-corrected chi connectivity index (χ1v) is 7.15. The van der Waals surface area contributed by atoms with Crippen molar-refractivity contribution >= 4 is 28.4 Å². The number of H-pyrrole nitrogens is 1. The van der Waals surface area contributed by atoms with E-state index in [-0.39, 0.29) is 11.7 Å². The van der Waals surface area contributed by atoms with Crippen molar-refractivity contribution < 1.29 is 9.59 Å². The number of benzene rings is 1. The molecule has 2 heterocycles. The van der Waals surface area contributed by atoms with Gasteiger partial charge in [-0.2, -0.15) is 0 Å². The molecule has 0 aliphatic rings. The number of anilines is 1. The fraction of sp³-hybridized carbons (Fsp3) is 0.0556. The van der Waals surface area contributed by atoms with Crippen molar-refractivity contribution in [1.29, 1.82) is 0 Å². The topological polar surface area (TPSA) is 74.8 Å². The van der Waals surface area contributed by atoms with Crippen LogP contribution in [-0.4, -0.2) is 21.7 Å². The number of nitrogens with one attached hydrogen (secondary N) is 2. The van der Waals surface area contributed by atoms with Gasteiger partial charge in [-0.3, -0.25) is 9.59 Å². The molecule has 1 amide bonds. The number of carbonyl (C=O) groups is 2. The second-order valence-corrected chi connectivity index (χ2v) is 5.12. The van der Waals surface area contributed by atoms with Crippen LogP contribution in [0.5, 0.6) is 0 Å². The Morgan fingerprint density at radius 1 is 1.13 bits per heavy atom. The summed E-state index contributed by atoms with van der Waals surface area (Å²) < 4.78 is 0. The van der Waals surface area contributed by atoms with Gasteiger partial charge in [0.15, 0.2) is 5.78 Å². The molecule has 2 aromatic heterocycles. The molecule has 23 heavy (non-hydrogen) atoms. The third-order valence-corrected chi connectivity index (χ3v) is 3.37. The highest BCUT2D eigenvalue weighted by molar-refractivity contribution is 6.07. The molecule has 2 N–H and O–H groups in total. The van der Waals surface area contributed by atoms with E-state index in [0.29, 0.717) is 11.3 Å². The van der Waals surface area contributed by atoms with Crippen molar-refractivity contribution in [3.63, 3.8) is 0 Å². The van der Waals surface area contributed by atoms with E-state index in [2.05, 4.69) is 15.3 Å². The predicted molar refractivity (Wildman–Crippen MR) is 90.0 cm³/mol. The molecule has 0 saturated carbocycles. The molecule has 0 aliphatic heterocycles. The van der Waals surface area contributed by atoms with Crippen molar-refractivity contribution in [3.8, 4) is 11.1 Å². The Hall–Kier alpha value is -3.21. The van der Waals surface area contributed by atoms with Gasteiger partial charge in [-0.15, -0.1) is 0 Å². The highest BCUT2D eigenvalue weighted by Crippen LogP contribution is 2.27. The van der Waals surface area contributed by atoms with E-state index in [1.807, 2.05) is 36.4 Å². The molecule has 1 aromatic carbocycles. The summed E-state index contributed by atoms with van der Waals surface area (Å²) in [5.41, 5.74) is 3.34. The van der Waals surface area contributed by atoms with Crippen LogP contribution in [0.4, 0.5) is 5.69 Å². The Kier molecular flexibility index (Phi) is 4.01. The maximum absolute atomic E-state index is 11.8. The van der Waals surface area contributed by atoms with Crippen molar-refractivity contribution in [2.75, 3.05) is 5.32 Å². The van der Waals surface area contributed by atoms with E-state index >= 15 is 0 Å². The number of rotatable bonds is 4. The summed E-state index contributed by atoms with van der Waals surface area (Å²) in [7, 11) is 0. The first kappa shape index (κ1) is 14.7. The zero-order valence-corrected chi connectivity index (χ0v) is 12.5. The molecule has 3 rings (SSSR count). The molecule has 0 fully saturated rings. The molecule has 5 nitrogen and oxygen atoms in total. The highest BCUT2D eigenvalue weighted by Gasteiger charge is 2.08. The molecule has 0 saturated heterocycles. The first-order chi connectivity index (χ1) is 11.1. The molecule has 5 heteroatoms. The normalized spacial score (nSPS) is 11.0. The molecule has 114 valence electrons. The van der Waals surface area contributed by atoms with E-state index in [9.17, 15) is 9.59 Å². The van der Waals surface area contributed by atoms with E-state index in [1.54, 1.807) is 12.4 Å². The average molecular weight is 305 g/mol. The number of fused-ring (bicyclic) bond motifs is 1. The van der Waals surface area contributed by atoms with E-state index in [4.69, 9.17) is 0 Å². The van der Waals surface area contributed by atoms with Crippen LogP contribution in [0.3, 0.4) is 0 Å². The molecular formula is C18H15N3O2. The number of aromatic amines is 1. The first-order valence-electron chi connectivity index (χ1n) is 7.15. The largest absolute Gasteiger partial charge is 0.344 e. The number of hydrogen-bond donors (Lipinski definition) is 2. The predicted octanol–water partition coefficient (Wildman–Crippen LogP) is 3.31. The van der Waals surface area contributed by atoms with Gasteiger partial charge in [0.2, 0.25) is 5.91 Å². The summed E-state index contributed by atoms with van der Waals surface area (Å²) in [6.07, 6.45) is 5.93. The summed E-state index contributed by atoms with van der Waals surface area (Å²) in [5, 5.41) is 3.57. The van der Waals surface area contributed by atoms with Crippen LogP contribution < -0.4 is 5.32 Å². The van der Waals surface area contributed by atoms with Gasteiger partial charge in [0, 0.05) is 29.4 Å². The maximum Gasteiger partial charge on any atom is 0.248 e. The maximum atomic E-state index is 11.8. The lowest BCUT2D eigenvalue weighted by Crippen LogP contribution is -2.07. The number of carbonyl (C=O) groups excluding carboxylic acids is 2. The fourth-order valence-corrected chi connectivity index (χ4v) is 2.26. The second-order valence-electron chi connectivity index (χ2n) is 5.12. The summed E-state index contributed by atoms with van der Waals surface area (Å²) in [5.74, 6) is -0.529. The van der Waals surface area contributed by atoms with Crippen molar-refractivity contribution in [2.45, 2.75) is 6.92 Å². The number of ketones is 1. The third kappa shape index (κ3) is 3.35. The summed E-state index contributed by atoms with van der Waals surface area (Å²) in [6.45, 7) is 1.39. The summed E-state index contributed by atoms with van der Waals surface area (Å²) in [6, 6.07) is 11.9. The lowest BCUT2D eigenvalue weighted by Gasteiger charge is -2.03. The van der Waals surface area contributed by atoms with Crippen molar-refractivity contribution in [2.24, 2.45) is 0 Å². The Labute approximate surface area is 133 Å². The van der Waals surface area contributed by atoms with Gasteiger partial charge in [0.05, 0.1) is 5.69 Å². The van der Waals surface area contributed by atoms with Crippen LogP contribution >= 0.6 is 0 Å². The molecule has 0 aliphatic carbocycles. The second kappa shape index (κ2) is 6.27. The quantitative estimate of drug-likeness (QED) is 0.726. The zero-order chi connectivity index (χ0) is 16.2. The van der Waals surface area contributed by atoms with Gasteiger partial charge >= 0.3 is 0 Å². The van der Waals surface area contributed by atoms with Crippen LogP contribution in [0.1, 0.15) is 6.92 Å². The minimum absolute atomic E-state index is 0.174. The lowest BCUT2D eigenvalue weighted by molar-refractivity contribution is -0.114. The number of allylic oxidation sites excluding steroid dienone is 1. The minimum Gasteiger partial charge on any atom is -0.344 e. The Bertz CT molecular complexity index is 895. The fourth-order valence-electron chi connectivity index (χ4n) is 2.26. The molecule has 0 bridgehead atoms. The molecule has 0 spiro atoms. The number of nitrogens with zero attached hydrogens (tertiary/aromatic N) is 1. The molecule has 0 radical (unpaired) electrons. The van der Waals surface area contributed by atoms with Gasteiger partial charge in [-0.05, 0) is 24.6 Å². The smallest absolute Gasteiger partial charge is 0.248 e. The van der Waals surface area contributed by atoms with E-state index in [1.165, 1.54) is 19.1 Å². The Morgan fingerprint density at radius 2 is 1.91 bits per heavy atom. The van der Waals surface area contributed by atoms with Gasteiger partial charge < -0.3 is 10.3 Å². The Balaban J connectivity index is 1.93. The van der Waals surface area contributed by atoms with Gasteiger partial charge in [-0.25, -0.2) is 4.98 Å². The molecular weight excluding hydrogens is 290 g/mol. The van der Waals surface area contributed by atoms with Crippen molar-refractivity contribution in [3.05, 3.63) is 60.9 Å². The third-order valence-electron chi connectivity index (χ3n) is 3.37. The zero-order valence-electron chi connectivity index (χ0n) is 12.5. The summed E-state index contributed by atoms with van der Waals surface area (Å²) in [4.78, 5) is 30.1. The van der Waals surface area contributed by atoms with Crippen LogP contribution in [-0.2, 0) is 9.59 Å². The highest BCUT2D eigenvalue weighted by atomic mass is 16.1. The van der Waals surface area contributed by atoms with Crippen LogP contribution in [0.2, 0.25) is 0 Å². The van der Waals surface area contributed by atoms with Crippen LogP contribution in [0, 0.1) is 0 Å². The van der Waals surface area contributed by atoms with Crippen molar-refractivity contribution in [1.82, 2.24) is 9.97 Å². The van der Waals surface area contributed by atoms with Gasteiger partial charge in [-0.1, -0.05) is 30.3 Å². The SMILES string of the molecule is CC(=O)/C=C/C(=O)Nc1c[nH]c2ncc(-c3ccccc3)cc12. The van der Waals surface area contributed by atoms with E-state index in [0.717, 1.165) is 16.5 Å². The van der Waals surface area contributed by atoms with Gasteiger partial charge in [0.1, 0.15) is 5.65 Å². The number of hydrogen-bond acceptors (Lipinski definition) is 3. The van der Waals surface area contributed by atoms with Crippen LogP contribution in [0.25, 0.3) is 22.2 Å². The number of aromatic nitrogens is 2. The Morgan fingerprint density at radius 3 is 2.65 bits per heavy atom. The minimum atomic E-state index is -0.355.